The van der Waals surface area contributed by atoms with Crippen LogP contribution in [0.2, 0.25) is 0 Å². The van der Waals surface area contributed by atoms with Gasteiger partial charge in [0.25, 0.3) is 0 Å². The first-order valence-electron chi connectivity index (χ1n) is 4.96. The summed E-state index contributed by atoms with van der Waals surface area (Å²) >= 11 is 0. The van der Waals surface area contributed by atoms with Crippen LogP contribution < -0.4 is 5.73 Å². The van der Waals surface area contributed by atoms with E-state index in [0.29, 0.717) is 5.92 Å². The Balaban J connectivity index is 2.99. The average Bonchev–Trinajstić information content (AvgIpc) is 2.10. The van der Waals surface area contributed by atoms with Gasteiger partial charge in [-0.15, -0.1) is 0 Å². The second kappa shape index (κ2) is 4.43. The molecule has 0 fully saturated rings. The van der Waals surface area contributed by atoms with Crippen molar-refractivity contribution in [2.45, 2.75) is 33.1 Å². The third-order valence-corrected chi connectivity index (χ3v) is 2.64. The van der Waals surface area contributed by atoms with E-state index in [0.717, 1.165) is 13.0 Å². The first-order valence-corrected chi connectivity index (χ1v) is 4.96. The molecule has 0 saturated carbocycles. The van der Waals surface area contributed by atoms with Gasteiger partial charge in [0, 0.05) is 0 Å². The van der Waals surface area contributed by atoms with Crippen LogP contribution in [0.5, 0.6) is 0 Å². The van der Waals surface area contributed by atoms with Crippen LogP contribution in [0.15, 0.2) is 18.2 Å². The fourth-order valence-electron chi connectivity index (χ4n) is 1.80. The summed E-state index contributed by atoms with van der Waals surface area (Å²) in [5.41, 5.74) is 9.83. The van der Waals surface area contributed by atoms with Crippen molar-refractivity contribution >= 4 is 0 Å². The van der Waals surface area contributed by atoms with Gasteiger partial charge in [0.2, 0.25) is 0 Å². The Labute approximate surface area is 81.0 Å². The summed E-state index contributed by atoms with van der Waals surface area (Å²) in [5, 5.41) is 0. The van der Waals surface area contributed by atoms with Crippen LogP contribution in [0.3, 0.4) is 0 Å². The van der Waals surface area contributed by atoms with Crippen molar-refractivity contribution in [3.05, 3.63) is 34.9 Å². The van der Waals surface area contributed by atoms with E-state index in [2.05, 4.69) is 39.0 Å². The van der Waals surface area contributed by atoms with Crippen LogP contribution in [-0.4, -0.2) is 6.54 Å². The second-order valence-corrected chi connectivity index (χ2v) is 3.70. The van der Waals surface area contributed by atoms with E-state index in [1.807, 2.05) is 0 Å². The first kappa shape index (κ1) is 10.3. The fourth-order valence-corrected chi connectivity index (χ4v) is 1.80. The third-order valence-electron chi connectivity index (χ3n) is 2.64. The molecule has 1 atom stereocenters. The minimum absolute atomic E-state index is 0.528. The molecule has 0 aromatic heterocycles. The summed E-state index contributed by atoms with van der Waals surface area (Å²) < 4.78 is 0. The maximum absolute atomic E-state index is 5.72. The molecule has 0 saturated heterocycles. The molecule has 0 aliphatic rings. The molecule has 1 unspecified atom stereocenters. The third kappa shape index (κ3) is 2.31. The highest BCUT2D eigenvalue weighted by molar-refractivity contribution is 5.33. The fraction of sp³-hybridized carbons (Fsp3) is 0.500. The summed E-state index contributed by atoms with van der Waals surface area (Å²) in [6, 6.07) is 6.61. The van der Waals surface area contributed by atoms with Crippen LogP contribution >= 0.6 is 0 Å². The van der Waals surface area contributed by atoms with E-state index >= 15 is 0 Å². The molecule has 0 radical (unpaired) electrons. The van der Waals surface area contributed by atoms with E-state index in [9.17, 15) is 0 Å². The van der Waals surface area contributed by atoms with Crippen molar-refractivity contribution in [1.29, 1.82) is 0 Å². The summed E-state index contributed by atoms with van der Waals surface area (Å²) in [6.45, 7) is 7.23. The van der Waals surface area contributed by atoms with Gasteiger partial charge in [-0.3, -0.25) is 0 Å². The van der Waals surface area contributed by atoms with E-state index < -0.39 is 0 Å². The summed E-state index contributed by atoms with van der Waals surface area (Å²) in [7, 11) is 0. The van der Waals surface area contributed by atoms with Gasteiger partial charge >= 0.3 is 0 Å². The predicted octanol–water partition coefficient (Wildman–Crippen LogP) is 2.76. The number of hydrogen-bond donors (Lipinski definition) is 1. The Bertz CT molecular complexity index is 274. The predicted molar refractivity (Wildman–Crippen MR) is 58.0 cm³/mol. The second-order valence-electron chi connectivity index (χ2n) is 3.70. The molecule has 13 heavy (non-hydrogen) atoms. The molecule has 1 rings (SSSR count). The van der Waals surface area contributed by atoms with Gasteiger partial charge in [-0.2, -0.15) is 0 Å². The lowest BCUT2D eigenvalue weighted by Crippen LogP contribution is -2.12. The van der Waals surface area contributed by atoms with Crippen LogP contribution in [0.25, 0.3) is 0 Å². The quantitative estimate of drug-likeness (QED) is 0.755. The summed E-state index contributed by atoms with van der Waals surface area (Å²) in [6.07, 6.45) is 1.13. The van der Waals surface area contributed by atoms with Crippen LogP contribution in [0.1, 0.15) is 36.0 Å². The van der Waals surface area contributed by atoms with Crippen LogP contribution in [-0.2, 0) is 0 Å². The zero-order chi connectivity index (χ0) is 9.84. The molecular weight excluding hydrogens is 158 g/mol. The smallest absolute Gasteiger partial charge is 0.000824 e. The van der Waals surface area contributed by atoms with E-state index in [1.165, 1.54) is 16.7 Å². The molecule has 0 aliphatic heterocycles. The number of hydrogen-bond acceptors (Lipinski definition) is 1. The molecule has 72 valence electrons. The van der Waals surface area contributed by atoms with Crippen LogP contribution in [0, 0.1) is 13.8 Å². The molecule has 0 aliphatic carbocycles. The summed E-state index contributed by atoms with van der Waals surface area (Å²) in [4.78, 5) is 0. The summed E-state index contributed by atoms with van der Waals surface area (Å²) in [5.74, 6) is 0.528. The topological polar surface area (TPSA) is 26.0 Å². The van der Waals surface area contributed by atoms with Crippen molar-refractivity contribution < 1.29 is 0 Å². The van der Waals surface area contributed by atoms with Gasteiger partial charge in [0.05, 0.1) is 0 Å². The largest absolute Gasteiger partial charge is 0.330 e. The Morgan fingerprint density at radius 1 is 1.31 bits per heavy atom. The molecule has 0 amide bonds. The van der Waals surface area contributed by atoms with Gasteiger partial charge in [-0.05, 0) is 43.9 Å². The Hall–Kier alpha value is -0.820. The van der Waals surface area contributed by atoms with E-state index in [-0.39, 0.29) is 0 Å². The average molecular weight is 177 g/mol. The molecule has 1 nitrogen and oxygen atoms in total. The number of benzene rings is 1. The molecule has 0 spiro atoms. The Kier molecular flexibility index (Phi) is 3.49. The van der Waals surface area contributed by atoms with E-state index in [4.69, 9.17) is 5.73 Å². The van der Waals surface area contributed by atoms with Crippen molar-refractivity contribution in [3.8, 4) is 0 Å². The number of aryl methyl sites for hydroxylation is 2. The standard InChI is InChI=1S/C12H19N/c1-4-11(8-13)12-6-5-9(2)7-10(12)3/h5-7,11H,4,8,13H2,1-3H3. The zero-order valence-electron chi connectivity index (χ0n) is 8.80. The Morgan fingerprint density at radius 2 is 2.00 bits per heavy atom. The molecule has 0 bridgehead atoms. The van der Waals surface area contributed by atoms with Crippen molar-refractivity contribution in [3.63, 3.8) is 0 Å². The van der Waals surface area contributed by atoms with Crippen molar-refractivity contribution in [2.75, 3.05) is 6.54 Å². The van der Waals surface area contributed by atoms with Crippen molar-refractivity contribution in [2.24, 2.45) is 5.73 Å². The highest BCUT2D eigenvalue weighted by Crippen LogP contribution is 2.22. The highest BCUT2D eigenvalue weighted by Gasteiger charge is 2.09. The highest BCUT2D eigenvalue weighted by atomic mass is 14.5. The SMILES string of the molecule is CCC(CN)c1ccc(C)cc1C. The minimum atomic E-state index is 0.528. The van der Waals surface area contributed by atoms with Gasteiger partial charge in [0.15, 0.2) is 0 Å². The van der Waals surface area contributed by atoms with Crippen LogP contribution in [0.4, 0.5) is 0 Å². The first-order chi connectivity index (χ1) is 6.19. The minimum Gasteiger partial charge on any atom is -0.330 e. The van der Waals surface area contributed by atoms with E-state index in [1.54, 1.807) is 0 Å². The number of rotatable bonds is 3. The molecular formula is C12H19N. The van der Waals surface area contributed by atoms with Gasteiger partial charge in [0.1, 0.15) is 0 Å². The molecule has 1 aromatic carbocycles. The molecule has 1 aromatic rings. The number of nitrogens with two attached hydrogens (primary N) is 1. The Morgan fingerprint density at radius 3 is 2.46 bits per heavy atom. The zero-order valence-corrected chi connectivity index (χ0v) is 8.80. The van der Waals surface area contributed by atoms with Gasteiger partial charge in [-0.25, -0.2) is 0 Å². The van der Waals surface area contributed by atoms with Crippen molar-refractivity contribution in [1.82, 2.24) is 0 Å². The van der Waals surface area contributed by atoms with Gasteiger partial charge < -0.3 is 5.73 Å². The normalized spacial score (nSPS) is 12.9. The maximum atomic E-state index is 5.72. The lowest BCUT2D eigenvalue weighted by molar-refractivity contribution is 0.670. The van der Waals surface area contributed by atoms with Gasteiger partial charge in [-0.1, -0.05) is 30.7 Å². The molecule has 0 heterocycles. The monoisotopic (exact) mass is 177 g/mol. The molecule has 1 heteroatoms. The molecule has 2 N–H and O–H groups in total. The maximum Gasteiger partial charge on any atom is -0.000824 e. The lowest BCUT2D eigenvalue weighted by atomic mass is 9.92. The lowest BCUT2D eigenvalue weighted by Gasteiger charge is -2.15.